The van der Waals surface area contributed by atoms with Gasteiger partial charge in [-0.3, -0.25) is 0 Å². The molecular formula is C17H20ClNO3. The number of nitrogens with one attached hydrogen (secondary N) is 1. The maximum atomic E-state index is 8.77. The average molecular weight is 322 g/mol. The van der Waals surface area contributed by atoms with Gasteiger partial charge in [-0.2, -0.15) is 0 Å². The van der Waals surface area contributed by atoms with Crippen molar-refractivity contribution in [3.63, 3.8) is 0 Å². The van der Waals surface area contributed by atoms with E-state index in [9.17, 15) is 0 Å². The molecule has 5 heteroatoms. The first kappa shape index (κ1) is 16.6. The van der Waals surface area contributed by atoms with E-state index in [0.29, 0.717) is 36.2 Å². The molecule has 0 unspecified atom stereocenters. The van der Waals surface area contributed by atoms with Crippen LogP contribution in [0.4, 0.5) is 0 Å². The van der Waals surface area contributed by atoms with Gasteiger partial charge in [0.1, 0.15) is 6.61 Å². The van der Waals surface area contributed by atoms with E-state index in [0.717, 1.165) is 11.1 Å². The standard InChI is InChI=1S/C17H20ClNO3/c1-21-17-10-13(11-19-7-8-20)5-6-16(17)22-12-14-3-2-4-15(18)9-14/h2-6,9-10,19-20H,7-8,11-12H2,1H3. The normalized spacial score (nSPS) is 10.5. The van der Waals surface area contributed by atoms with Gasteiger partial charge in [-0.15, -0.1) is 0 Å². The first-order chi connectivity index (χ1) is 10.7. The van der Waals surface area contributed by atoms with Crippen LogP contribution in [0.25, 0.3) is 0 Å². The van der Waals surface area contributed by atoms with Gasteiger partial charge in [0, 0.05) is 18.1 Å². The number of hydrogen-bond donors (Lipinski definition) is 2. The van der Waals surface area contributed by atoms with E-state index in [1.54, 1.807) is 7.11 Å². The molecule has 0 radical (unpaired) electrons. The van der Waals surface area contributed by atoms with Crippen LogP contribution in [0, 0.1) is 0 Å². The second-order valence-corrected chi connectivity index (χ2v) is 5.24. The third-order valence-electron chi connectivity index (χ3n) is 3.13. The maximum Gasteiger partial charge on any atom is 0.161 e. The zero-order valence-electron chi connectivity index (χ0n) is 12.5. The number of ether oxygens (including phenoxy) is 2. The molecular weight excluding hydrogens is 302 g/mol. The fraction of sp³-hybridized carbons (Fsp3) is 0.294. The summed E-state index contributed by atoms with van der Waals surface area (Å²) in [6.07, 6.45) is 0. The third kappa shape index (κ3) is 4.91. The van der Waals surface area contributed by atoms with Crippen molar-refractivity contribution in [3.8, 4) is 11.5 Å². The predicted molar refractivity (Wildman–Crippen MR) is 87.6 cm³/mol. The Kier molecular flexibility index (Phi) is 6.52. The summed E-state index contributed by atoms with van der Waals surface area (Å²) in [5, 5.41) is 12.6. The van der Waals surface area contributed by atoms with Crippen LogP contribution in [0.1, 0.15) is 11.1 Å². The molecule has 0 saturated heterocycles. The fourth-order valence-electron chi connectivity index (χ4n) is 2.04. The van der Waals surface area contributed by atoms with Crippen molar-refractivity contribution >= 4 is 11.6 Å². The van der Waals surface area contributed by atoms with Crippen LogP contribution >= 0.6 is 11.6 Å². The summed E-state index contributed by atoms with van der Waals surface area (Å²) in [6, 6.07) is 13.4. The summed E-state index contributed by atoms with van der Waals surface area (Å²) in [5.74, 6) is 1.37. The van der Waals surface area contributed by atoms with Crippen LogP contribution in [0.3, 0.4) is 0 Å². The monoisotopic (exact) mass is 321 g/mol. The highest BCUT2D eigenvalue weighted by Crippen LogP contribution is 2.29. The second kappa shape index (κ2) is 8.63. The molecule has 0 aromatic heterocycles. The van der Waals surface area contributed by atoms with Crippen molar-refractivity contribution < 1.29 is 14.6 Å². The van der Waals surface area contributed by atoms with Crippen LogP contribution in [-0.2, 0) is 13.2 Å². The molecule has 0 aliphatic carbocycles. The van der Waals surface area contributed by atoms with E-state index in [2.05, 4.69) is 5.32 Å². The van der Waals surface area contributed by atoms with Crippen molar-refractivity contribution in [1.82, 2.24) is 5.32 Å². The largest absolute Gasteiger partial charge is 0.493 e. The van der Waals surface area contributed by atoms with Gasteiger partial charge >= 0.3 is 0 Å². The van der Waals surface area contributed by atoms with E-state index in [-0.39, 0.29) is 6.61 Å². The van der Waals surface area contributed by atoms with Gasteiger partial charge in [0.25, 0.3) is 0 Å². The highest BCUT2D eigenvalue weighted by atomic mass is 35.5. The van der Waals surface area contributed by atoms with Gasteiger partial charge in [0.05, 0.1) is 13.7 Å². The molecule has 0 bridgehead atoms. The van der Waals surface area contributed by atoms with Crippen molar-refractivity contribution in [1.29, 1.82) is 0 Å². The summed E-state index contributed by atoms with van der Waals surface area (Å²) < 4.78 is 11.2. The second-order valence-electron chi connectivity index (χ2n) is 4.80. The first-order valence-electron chi connectivity index (χ1n) is 7.08. The number of aliphatic hydroxyl groups is 1. The van der Waals surface area contributed by atoms with Crippen molar-refractivity contribution in [2.24, 2.45) is 0 Å². The molecule has 2 rings (SSSR count). The maximum absolute atomic E-state index is 8.77. The molecule has 2 N–H and O–H groups in total. The Bertz CT molecular complexity index is 604. The predicted octanol–water partition coefficient (Wildman–Crippen LogP) is 3.01. The molecule has 4 nitrogen and oxygen atoms in total. The highest BCUT2D eigenvalue weighted by Gasteiger charge is 2.06. The van der Waals surface area contributed by atoms with Gasteiger partial charge in [-0.1, -0.05) is 29.8 Å². The minimum Gasteiger partial charge on any atom is -0.493 e. The number of benzene rings is 2. The Hall–Kier alpha value is -1.75. The van der Waals surface area contributed by atoms with Crippen molar-refractivity contribution in [2.75, 3.05) is 20.3 Å². The lowest BCUT2D eigenvalue weighted by molar-refractivity contribution is 0.284. The van der Waals surface area contributed by atoms with Crippen LogP contribution in [0.2, 0.25) is 5.02 Å². The van der Waals surface area contributed by atoms with E-state index in [4.69, 9.17) is 26.2 Å². The zero-order valence-corrected chi connectivity index (χ0v) is 13.3. The van der Waals surface area contributed by atoms with E-state index >= 15 is 0 Å². The summed E-state index contributed by atoms with van der Waals surface area (Å²) in [6.45, 7) is 1.79. The molecule has 0 atom stereocenters. The van der Waals surface area contributed by atoms with Crippen LogP contribution in [-0.4, -0.2) is 25.4 Å². The number of methoxy groups -OCH3 is 1. The topological polar surface area (TPSA) is 50.7 Å². The van der Waals surface area contributed by atoms with Gasteiger partial charge in [0.2, 0.25) is 0 Å². The third-order valence-corrected chi connectivity index (χ3v) is 3.36. The van der Waals surface area contributed by atoms with Gasteiger partial charge < -0.3 is 19.9 Å². The molecule has 0 fully saturated rings. The number of halogens is 1. The molecule has 22 heavy (non-hydrogen) atoms. The molecule has 0 amide bonds. The van der Waals surface area contributed by atoms with E-state index in [1.807, 2.05) is 42.5 Å². The Morgan fingerprint density at radius 1 is 1.09 bits per heavy atom. The Balaban J connectivity index is 2.01. The summed E-state index contributed by atoms with van der Waals surface area (Å²) in [7, 11) is 1.62. The van der Waals surface area contributed by atoms with Crippen molar-refractivity contribution in [3.05, 3.63) is 58.6 Å². The molecule has 0 aliphatic rings. The van der Waals surface area contributed by atoms with Crippen LogP contribution < -0.4 is 14.8 Å². The van der Waals surface area contributed by atoms with Crippen molar-refractivity contribution in [2.45, 2.75) is 13.2 Å². The number of rotatable bonds is 8. The molecule has 0 spiro atoms. The SMILES string of the molecule is COc1cc(CNCCO)ccc1OCc1cccc(Cl)c1. The molecule has 2 aromatic carbocycles. The van der Waals surface area contributed by atoms with Gasteiger partial charge in [-0.25, -0.2) is 0 Å². The Morgan fingerprint density at radius 3 is 2.68 bits per heavy atom. The van der Waals surface area contributed by atoms with Gasteiger partial charge in [-0.05, 0) is 35.4 Å². The smallest absolute Gasteiger partial charge is 0.161 e. The quantitative estimate of drug-likeness (QED) is 0.734. The fourth-order valence-corrected chi connectivity index (χ4v) is 2.25. The summed E-state index contributed by atoms with van der Waals surface area (Å²) >= 11 is 5.96. The lowest BCUT2D eigenvalue weighted by atomic mass is 10.2. The Labute approximate surface area is 135 Å². The summed E-state index contributed by atoms with van der Waals surface area (Å²) in [5.41, 5.74) is 2.07. The molecule has 2 aromatic rings. The molecule has 0 saturated carbocycles. The highest BCUT2D eigenvalue weighted by molar-refractivity contribution is 6.30. The zero-order chi connectivity index (χ0) is 15.8. The minimum absolute atomic E-state index is 0.123. The molecule has 0 heterocycles. The minimum atomic E-state index is 0.123. The lowest BCUT2D eigenvalue weighted by Crippen LogP contribution is -2.17. The first-order valence-corrected chi connectivity index (χ1v) is 7.46. The van der Waals surface area contributed by atoms with Crippen LogP contribution in [0.5, 0.6) is 11.5 Å². The van der Waals surface area contributed by atoms with E-state index < -0.39 is 0 Å². The Morgan fingerprint density at radius 2 is 1.95 bits per heavy atom. The van der Waals surface area contributed by atoms with E-state index in [1.165, 1.54) is 0 Å². The van der Waals surface area contributed by atoms with Gasteiger partial charge in [0.15, 0.2) is 11.5 Å². The molecule has 118 valence electrons. The summed E-state index contributed by atoms with van der Waals surface area (Å²) in [4.78, 5) is 0. The lowest BCUT2D eigenvalue weighted by Gasteiger charge is -2.13. The number of hydrogen-bond acceptors (Lipinski definition) is 4. The average Bonchev–Trinajstić information content (AvgIpc) is 2.53. The number of aliphatic hydroxyl groups excluding tert-OH is 1. The van der Waals surface area contributed by atoms with Crippen LogP contribution in [0.15, 0.2) is 42.5 Å². The molecule has 0 aliphatic heterocycles.